The predicted molar refractivity (Wildman–Crippen MR) is 77.6 cm³/mol. The molecule has 2 atom stereocenters. The molecule has 2 unspecified atom stereocenters. The zero-order valence-electron chi connectivity index (χ0n) is 12.1. The molecule has 3 heteroatoms. The Morgan fingerprint density at radius 1 is 1.16 bits per heavy atom. The van der Waals surface area contributed by atoms with E-state index in [9.17, 15) is 4.79 Å². The second-order valence-corrected chi connectivity index (χ2v) is 5.15. The molecule has 0 aliphatic carbocycles. The van der Waals surface area contributed by atoms with Gasteiger partial charge >= 0.3 is 0 Å². The van der Waals surface area contributed by atoms with E-state index in [1.807, 2.05) is 30.3 Å². The highest BCUT2D eigenvalue weighted by Gasteiger charge is 2.41. The fourth-order valence-corrected chi connectivity index (χ4v) is 2.96. The summed E-state index contributed by atoms with van der Waals surface area (Å²) in [6.45, 7) is 6.45. The van der Waals surface area contributed by atoms with E-state index in [1.165, 1.54) is 0 Å². The molecule has 104 valence electrons. The molecular weight excluding hydrogens is 236 g/mol. The quantitative estimate of drug-likeness (QED) is 0.882. The molecule has 1 fully saturated rings. The highest BCUT2D eigenvalue weighted by molar-refractivity contribution is 5.86. The van der Waals surface area contributed by atoms with Crippen LogP contribution in [0.4, 0.5) is 0 Å². The number of hydrogen-bond donors (Lipinski definition) is 1. The Kier molecular flexibility index (Phi) is 4.59. The van der Waals surface area contributed by atoms with Gasteiger partial charge < -0.3 is 4.90 Å². The first-order chi connectivity index (χ1) is 9.22. The first kappa shape index (κ1) is 14.1. The van der Waals surface area contributed by atoms with Crippen LogP contribution in [0.3, 0.4) is 0 Å². The SMILES string of the molecule is CCC(CC)N1C(=O)C(c2ccccc2)NC1CC. The van der Waals surface area contributed by atoms with Gasteiger partial charge in [0.05, 0.1) is 6.17 Å². The van der Waals surface area contributed by atoms with Crippen LogP contribution in [0.2, 0.25) is 0 Å². The van der Waals surface area contributed by atoms with Gasteiger partial charge in [0.25, 0.3) is 0 Å². The van der Waals surface area contributed by atoms with E-state index in [-0.39, 0.29) is 18.1 Å². The third-order valence-corrected chi connectivity index (χ3v) is 4.05. The van der Waals surface area contributed by atoms with Gasteiger partial charge in [0.15, 0.2) is 0 Å². The molecule has 3 nitrogen and oxygen atoms in total. The Bertz CT molecular complexity index is 414. The Hall–Kier alpha value is -1.35. The Labute approximate surface area is 116 Å². The summed E-state index contributed by atoms with van der Waals surface area (Å²) in [5.41, 5.74) is 1.07. The van der Waals surface area contributed by atoms with Crippen LogP contribution in [0.5, 0.6) is 0 Å². The lowest BCUT2D eigenvalue weighted by molar-refractivity contribution is -0.132. The molecule has 1 heterocycles. The number of hydrogen-bond acceptors (Lipinski definition) is 2. The summed E-state index contributed by atoms with van der Waals surface area (Å²) >= 11 is 0. The van der Waals surface area contributed by atoms with Gasteiger partial charge in [-0.15, -0.1) is 0 Å². The van der Waals surface area contributed by atoms with Gasteiger partial charge in [-0.05, 0) is 24.8 Å². The molecule has 19 heavy (non-hydrogen) atoms. The number of carbonyl (C=O) groups is 1. The van der Waals surface area contributed by atoms with Crippen LogP contribution in [0, 0.1) is 0 Å². The molecular formula is C16H24N2O. The molecule has 0 bridgehead atoms. The summed E-state index contributed by atoms with van der Waals surface area (Å²) in [4.78, 5) is 14.8. The maximum Gasteiger partial charge on any atom is 0.245 e. The van der Waals surface area contributed by atoms with Crippen molar-refractivity contribution in [2.24, 2.45) is 0 Å². The molecule has 1 aliphatic heterocycles. The molecule has 1 N–H and O–H groups in total. The maximum atomic E-state index is 12.7. The average Bonchev–Trinajstić information content (AvgIpc) is 2.79. The fourth-order valence-electron chi connectivity index (χ4n) is 2.96. The zero-order chi connectivity index (χ0) is 13.8. The third-order valence-electron chi connectivity index (χ3n) is 4.05. The minimum Gasteiger partial charge on any atom is -0.323 e. The van der Waals surface area contributed by atoms with Crippen LogP contribution in [0.15, 0.2) is 30.3 Å². The van der Waals surface area contributed by atoms with Crippen molar-refractivity contribution in [3.05, 3.63) is 35.9 Å². The number of rotatable bonds is 5. The highest BCUT2D eigenvalue weighted by Crippen LogP contribution is 2.28. The van der Waals surface area contributed by atoms with Crippen molar-refractivity contribution in [3.63, 3.8) is 0 Å². The number of amides is 1. The van der Waals surface area contributed by atoms with Crippen molar-refractivity contribution >= 4 is 5.91 Å². The summed E-state index contributed by atoms with van der Waals surface area (Å²) in [6.07, 6.45) is 3.15. The van der Waals surface area contributed by atoms with Crippen molar-refractivity contribution in [1.82, 2.24) is 10.2 Å². The first-order valence-corrected chi connectivity index (χ1v) is 7.36. The number of nitrogens with zero attached hydrogens (tertiary/aromatic N) is 1. The van der Waals surface area contributed by atoms with Gasteiger partial charge in [0.2, 0.25) is 5.91 Å². The van der Waals surface area contributed by atoms with Crippen LogP contribution in [-0.2, 0) is 4.79 Å². The van der Waals surface area contributed by atoms with E-state index in [2.05, 4.69) is 31.0 Å². The van der Waals surface area contributed by atoms with Gasteiger partial charge in [0.1, 0.15) is 6.04 Å². The monoisotopic (exact) mass is 260 g/mol. The van der Waals surface area contributed by atoms with E-state index in [0.29, 0.717) is 6.04 Å². The van der Waals surface area contributed by atoms with Crippen LogP contribution >= 0.6 is 0 Å². The van der Waals surface area contributed by atoms with Crippen LogP contribution in [0.1, 0.15) is 51.6 Å². The van der Waals surface area contributed by atoms with E-state index in [4.69, 9.17) is 0 Å². The molecule has 1 aromatic carbocycles. The minimum absolute atomic E-state index is 0.169. The Balaban J connectivity index is 2.25. The van der Waals surface area contributed by atoms with Gasteiger partial charge in [-0.3, -0.25) is 10.1 Å². The first-order valence-electron chi connectivity index (χ1n) is 7.36. The molecule has 0 radical (unpaired) electrons. The molecule has 1 aliphatic rings. The summed E-state index contributed by atoms with van der Waals surface area (Å²) in [5, 5.41) is 3.48. The largest absolute Gasteiger partial charge is 0.323 e. The lowest BCUT2D eigenvalue weighted by Gasteiger charge is -2.31. The molecule has 1 aromatic rings. The smallest absolute Gasteiger partial charge is 0.245 e. The van der Waals surface area contributed by atoms with Crippen LogP contribution in [0.25, 0.3) is 0 Å². The van der Waals surface area contributed by atoms with E-state index in [1.54, 1.807) is 0 Å². The molecule has 0 aromatic heterocycles. The highest BCUT2D eigenvalue weighted by atomic mass is 16.2. The summed E-state index contributed by atoms with van der Waals surface area (Å²) < 4.78 is 0. The third kappa shape index (κ3) is 2.66. The van der Waals surface area contributed by atoms with Crippen LogP contribution < -0.4 is 5.32 Å². The second-order valence-electron chi connectivity index (χ2n) is 5.15. The van der Waals surface area contributed by atoms with Gasteiger partial charge in [-0.25, -0.2) is 0 Å². The van der Waals surface area contributed by atoms with E-state index >= 15 is 0 Å². The van der Waals surface area contributed by atoms with E-state index < -0.39 is 0 Å². The Morgan fingerprint density at radius 2 is 1.79 bits per heavy atom. The van der Waals surface area contributed by atoms with Crippen molar-refractivity contribution in [2.45, 2.75) is 58.3 Å². The van der Waals surface area contributed by atoms with Crippen molar-refractivity contribution in [2.75, 3.05) is 0 Å². The van der Waals surface area contributed by atoms with Crippen LogP contribution in [-0.4, -0.2) is 23.0 Å². The molecule has 0 spiro atoms. The van der Waals surface area contributed by atoms with Crippen molar-refractivity contribution in [1.29, 1.82) is 0 Å². The minimum atomic E-state index is -0.174. The predicted octanol–water partition coefficient (Wildman–Crippen LogP) is 3.08. The number of carbonyl (C=O) groups excluding carboxylic acids is 1. The molecule has 1 amide bonds. The van der Waals surface area contributed by atoms with Gasteiger partial charge in [0, 0.05) is 6.04 Å². The lowest BCUT2D eigenvalue weighted by atomic mass is 10.1. The maximum absolute atomic E-state index is 12.7. The lowest BCUT2D eigenvalue weighted by Crippen LogP contribution is -2.43. The Morgan fingerprint density at radius 3 is 2.32 bits per heavy atom. The van der Waals surface area contributed by atoms with Crippen molar-refractivity contribution < 1.29 is 4.79 Å². The molecule has 2 rings (SSSR count). The summed E-state index contributed by atoms with van der Waals surface area (Å²) in [7, 11) is 0. The number of nitrogens with one attached hydrogen (secondary N) is 1. The zero-order valence-corrected chi connectivity index (χ0v) is 12.1. The molecule has 0 saturated carbocycles. The van der Waals surface area contributed by atoms with E-state index in [0.717, 1.165) is 24.8 Å². The average molecular weight is 260 g/mol. The summed E-state index contributed by atoms with van der Waals surface area (Å²) in [5.74, 6) is 0.228. The normalized spacial score (nSPS) is 23.4. The van der Waals surface area contributed by atoms with Gasteiger partial charge in [-0.2, -0.15) is 0 Å². The topological polar surface area (TPSA) is 32.3 Å². The van der Waals surface area contributed by atoms with Gasteiger partial charge in [-0.1, -0.05) is 51.1 Å². The number of benzene rings is 1. The fraction of sp³-hybridized carbons (Fsp3) is 0.562. The van der Waals surface area contributed by atoms with Crippen molar-refractivity contribution in [3.8, 4) is 0 Å². The second kappa shape index (κ2) is 6.20. The standard InChI is InChI=1S/C16H24N2O/c1-4-13(5-2)18-14(6-3)17-15(16(18)19)12-10-8-7-9-11-12/h7-11,13-15,17H,4-6H2,1-3H3. The molecule has 1 saturated heterocycles. The summed E-state index contributed by atoms with van der Waals surface area (Å²) in [6, 6.07) is 10.2.